The van der Waals surface area contributed by atoms with Crippen molar-refractivity contribution in [1.29, 1.82) is 0 Å². The molecule has 0 aliphatic rings. The predicted octanol–water partition coefficient (Wildman–Crippen LogP) is 6.14. The summed E-state index contributed by atoms with van der Waals surface area (Å²) in [6.07, 6.45) is 2.06. The lowest BCUT2D eigenvalue weighted by Crippen LogP contribution is -2.21. The van der Waals surface area contributed by atoms with Crippen LogP contribution >= 0.6 is 0 Å². The van der Waals surface area contributed by atoms with Gasteiger partial charge in [-0.3, -0.25) is 4.99 Å². The zero-order chi connectivity index (χ0) is 17.3. The van der Waals surface area contributed by atoms with Gasteiger partial charge >= 0.3 is 0 Å². The normalized spacial score (nSPS) is 15.4. The Labute approximate surface area is 138 Å². The van der Waals surface area contributed by atoms with E-state index in [1.54, 1.807) is 0 Å². The van der Waals surface area contributed by atoms with Gasteiger partial charge in [0.05, 0.1) is 6.04 Å². The van der Waals surface area contributed by atoms with Crippen molar-refractivity contribution in [3.05, 3.63) is 34.9 Å². The Morgan fingerprint density at radius 2 is 1.18 bits per heavy atom. The Morgan fingerprint density at radius 1 is 0.773 bits per heavy atom. The van der Waals surface area contributed by atoms with E-state index in [0.29, 0.717) is 6.04 Å². The van der Waals surface area contributed by atoms with Gasteiger partial charge in [0.2, 0.25) is 0 Å². The van der Waals surface area contributed by atoms with Crippen LogP contribution in [0.5, 0.6) is 0 Å². The van der Waals surface area contributed by atoms with Gasteiger partial charge in [-0.2, -0.15) is 0 Å². The number of aliphatic imine (C=N–C) groups is 1. The lowest BCUT2D eigenvalue weighted by Gasteiger charge is -2.26. The highest BCUT2D eigenvalue weighted by Gasteiger charge is 2.21. The van der Waals surface area contributed by atoms with E-state index in [1.165, 1.54) is 16.7 Å². The first kappa shape index (κ1) is 18.9. The zero-order valence-corrected chi connectivity index (χ0v) is 16.3. The molecule has 0 aromatic heterocycles. The summed E-state index contributed by atoms with van der Waals surface area (Å²) in [5.74, 6) is 0. The van der Waals surface area contributed by atoms with Gasteiger partial charge in [0, 0.05) is 6.21 Å². The van der Waals surface area contributed by atoms with Crippen LogP contribution in [-0.2, 0) is 10.8 Å². The van der Waals surface area contributed by atoms with Crippen LogP contribution in [0.1, 0.15) is 85.9 Å². The first-order valence-electron chi connectivity index (χ1n) is 8.40. The maximum Gasteiger partial charge on any atom is 0.0519 e. The van der Waals surface area contributed by atoms with Crippen LogP contribution in [0.3, 0.4) is 0 Å². The third kappa shape index (κ3) is 5.26. The number of hydrogen-bond donors (Lipinski definition) is 0. The zero-order valence-electron chi connectivity index (χ0n) is 16.3. The molecule has 1 heteroatoms. The minimum atomic E-state index is 0.152. The molecule has 0 spiro atoms. The molecule has 0 radical (unpaired) electrons. The average Bonchev–Trinajstić information content (AvgIpc) is 2.32. The van der Waals surface area contributed by atoms with Crippen molar-refractivity contribution in [2.45, 2.75) is 86.1 Å². The number of nitrogens with zero attached hydrogens (tertiary/aromatic N) is 1. The Hall–Kier alpha value is -1.11. The maximum atomic E-state index is 4.79. The first-order chi connectivity index (χ1) is 9.71. The molecule has 0 aliphatic carbocycles. The molecule has 0 heterocycles. The van der Waals surface area contributed by atoms with Crippen LogP contribution in [0.4, 0.5) is 0 Å². The topological polar surface area (TPSA) is 12.4 Å². The third-order valence-electron chi connectivity index (χ3n) is 4.39. The van der Waals surface area contributed by atoms with Gasteiger partial charge in [-0.15, -0.1) is 0 Å². The Bertz CT molecular complexity index is 498. The molecular formula is C21H35N. The van der Waals surface area contributed by atoms with Gasteiger partial charge in [0.1, 0.15) is 0 Å². The fourth-order valence-electron chi connectivity index (χ4n) is 2.01. The standard InChI is InChI=1S/C21H35N/c1-15(19(2,3)4)22-14-16-11-17(20(5,6)7)13-18(12-16)21(8,9)10/h11-15H,1-10H3/t15-/m1/s1. The quantitative estimate of drug-likeness (QED) is 0.582. The predicted molar refractivity (Wildman–Crippen MR) is 100 cm³/mol. The summed E-state index contributed by atoms with van der Waals surface area (Å²) in [4.78, 5) is 4.79. The third-order valence-corrected chi connectivity index (χ3v) is 4.39. The van der Waals surface area contributed by atoms with Crippen molar-refractivity contribution in [3.63, 3.8) is 0 Å². The second-order valence-corrected chi connectivity index (χ2v) is 9.66. The second kappa shape index (κ2) is 6.18. The molecule has 0 saturated carbocycles. The second-order valence-electron chi connectivity index (χ2n) is 9.66. The molecule has 124 valence electrons. The van der Waals surface area contributed by atoms with E-state index in [-0.39, 0.29) is 16.2 Å². The van der Waals surface area contributed by atoms with Gasteiger partial charge in [-0.05, 0) is 52.0 Å². The number of rotatable bonds is 2. The molecule has 1 aromatic rings. The Kier molecular flexibility index (Phi) is 5.32. The SMILES string of the molecule is C[C@@H](N=Cc1cc(C(C)(C)C)cc(C(C)(C)C)c1)C(C)(C)C. The highest BCUT2D eigenvalue weighted by Crippen LogP contribution is 2.30. The lowest BCUT2D eigenvalue weighted by molar-refractivity contribution is 0.342. The smallest absolute Gasteiger partial charge is 0.0519 e. The summed E-state index contributed by atoms with van der Waals surface area (Å²) in [5.41, 5.74) is 4.48. The summed E-state index contributed by atoms with van der Waals surface area (Å²) < 4.78 is 0. The summed E-state index contributed by atoms with van der Waals surface area (Å²) >= 11 is 0. The van der Waals surface area contributed by atoms with Gasteiger partial charge in [0.25, 0.3) is 0 Å². The highest BCUT2D eigenvalue weighted by molar-refractivity contribution is 5.80. The Morgan fingerprint density at radius 3 is 1.50 bits per heavy atom. The molecule has 22 heavy (non-hydrogen) atoms. The van der Waals surface area contributed by atoms with E-state index in [1.807, 2.05) is 0 Å². The molecule has 0 unspecified atom stereocenters. The van der Waals surface area contributed by atoms with Gasteiger partial charge in [-0.1, -0.05) is 68.4 Å². The molecule has 1 rings (SSSR count). The van der Waals surface area contributed by atoms with E-state index in [0.717, 1.165) is 0 Å². The minimum Gasteiger partial charge on any atom is -0.289 e. The van der Waals surface area contributed by atoms with Crippen molar-refractivity contribution in [2.75, 3.05) is 0 Å². The van der Waals surface area contributed by atoms with E-state index < -0.39 is 0 Å². The minimum absolute atomic E-state index is 0.152. The van der Waals surface area contributed by atoms with Crippen molar-refractivity contribution < 1.29 is 0 Å². The molecular weight excluding hydrogens is 266 g/mol. The number of hydrogen-bond acceptors (Lipinski definition) is 1. The highest BCUT2D eigenvalue weighted by atomic mass is 14.8. The van der Waals surface area contributed by atoms with Crippen molar-refractivity contribution in [2.24, 2.45) is 10.4 Å². The van der Waals surface area contributed by atoms with E-state index >= 15 is 0 Å². The Balaban J connectivity index is 3.28. The van der Waals surface area contributed by atoms with Gasteiger partial charge in [0.15, 0.2) is 0 Å². The summed E-state index contributed by atoms with van der Waals surface area (Å²) in [6.45, 7) is 22.5. The summed E-state index contributed by atoms with van der Waals surface area (Å²) in [7, 11) is 0. The molecule has 0 saturated heterocycles. The molecule has 0 amide bonds. The average molecular weight is 302 g/mol. The summed E-state index contributed by atoms with van der Waals surface area (Å²) in [6, 6.07) is 7.23. The van der Waals surface area contributed by atoms with Crippen LogP contribution < -0.4 is 0 Å². The fraction of sp³-hybridized carbons (Fsp3) is 0.667. The molecule has 0 aliphatic heterocycles. The van der Waals surface area contributed by atoms with Gasteiger partial charge < -0.3 is 0 Å². The molecule has 0 bridgehead atoms. The van der Waals surface area contributed by atoms with Crippen LogP contribution in [0.15, 0.2) is 23.2 Å². The maximum absolute atomic E-state index is 4.79. The first-order valence-corrected chi connectivity index (χ1v) is 8.40. The van der Waals surface area contributed by atoms with Crippen molar-refractivity contribution in [1.82, 2.24) is 0 Å². The molecule has 0 N–H and O–H groups in total. The van der Waals surface area contributed by atoms with Crippen molar-refractivity contribution >= 4 is 6.21 Å². The van der Waals surface area contributed by atoms with E-state index in [9.17, 15) is 0 Å². The molecule has 1 atom stereocenters. The largest absolute Gasteiger partial charge is 0.289 e. The monoisotopic (exact) mass is 301 g/mol. The van der Waals surface area contributed by atoms with Gasteiger partial charge in [-0.25, -0.2) is 0 Å². The van der Waals surface area contributed by atoms with Crippen LogP contribution in [0, 0.1) is 5.41 Å². The molecule has 1 aromatic carbocycles. The van der Waals surface area contributed by atoms with Crippen LogP contribution in [-0.4, -0.2) is 12.3 Å². The molecule has 1 nitrogen and oxygen atoms in total. The van der Waals surface area contributed by atoms with E-state index in [4.69, 9.17) is 4.99 Å². The fourth-order valence-corrected chi connectivity index (χ4v) is 2.01. The van der Waals surface area contributed by atoms with E-state index in [2.05, 4.69) is 93.7 Å². The lowest BCUT2D eigenvalue weighted by atomic mass is 9.79. The summed E-state index contributed by atoms with van der Waals surface area (Å²) in [5, 5.41) is 0. The van der Waals surface area contributed by atoms with Crippen molar-refractivity contribution in [3.8, 4) is 0 Å². The van der Waals surface area contributed by atoms with Crippen LogP contribution in [0.25, 0.3) is 0 Å². The molecule has 0 fully saturated rings. The number of benzene rings is 1. The van der Waals surface area contributed by atoms with Crippen LogP contribution in [0.2, 0.25) is 0 Å².